The van der Waals surface area contributed by atoms with Crippen LogP contribution in [0.1, 0.15) is 11.1 Å². The number of rotatable bonds is 3. The van der Waals surface area contributed by atoms with Gasteiger partial charge >= 0.3 is 5.97 Å². The maximum Gasteiger partial charge on any atom is 0.325 e. The zero-order valence-electron chi connectivity index (χ0n) is 10.2. The van der Waals surface area contributed by atoms with E-state index in [9.17, 15) is 4.79 Å². The van der Waals surface area contributed by atoms with Crippen LogP contribution in [0, 0.1) is 13.8 Å². The zero-order chi connectivity index (χ0) is 12.3. The molecule has 92 valence electrons. The number of nitrogens with zero attached hydrogens (tertiary/aromatic N) is 1. The van der Waals surface area contributed by atoms with E-state index >= 15 is 0 Å². The second kappa shape index (κ2) is 5.29. The summed E-state index contributed by atoms with van der Waals surface area (Å²) < 4.78 is 10.6. The van der Waals surface area contributed by atoms with Crippen LogP contribution in [0.4, 0.5) is 0 Å². The van der Waals surface area contributed by atoms with Crippen LogP contribution in [0.3, 0.4) is 0 Å². The molecule has 0 aliphatic carbocycles. The van der Waals surface area contributed by atoms with E-state index in [0.29, 0.717) is 19.1 Å². The van der Waals surface area contributed by atoms with Crippen LogP contribution in [0.2, 0.25) is 0 Å². The second-order valence-electron chi connectivity index (χ2n) is 4.28. The summed E-state index contributed by atoms with van der Waals surface area (Å²) in [6, 6.07) is 5.83. The summed E-state index contributed by atoms with van der Waals surface area (Å²) in [6.07, 6.45) is 0. The lowest BCUT2D eigenvalue weighted by molar-refractivity contribution is -0.135. The van der Waals surface area contributed by atoms with Gasteiger partial charge in [0, 0.05) is 6.54 Å². The van der Waals surface area contributed by atoms with Crippen molar-refractivity contribution in [2.24, 2.45) is 0 Å². The molecule has 1 aliphatic heterocycles. The monoisotopic (exact) mass is 235 g/mol. The molecule has 4 nitrogen and oxygen atoms in total. The van der Waals surface area contributed by atoms with Gasteiger partial charge in [0.2, 0.25) is 0 Å². The molecular formula is C13H17NO3. The molecule has 0 aromatic heterocycles. The number of hydrogen-bond donors (Lipinski definition) is 0. The minimum absolute atomic E-state index is 0.229. The number of ether oxygens (including phenoxy) is 2. The summed E-state index contributed by atoms with van der Waals surface area (Å²) in [7, 11) is 0. The molecule has 0 radical (unpaired) electrons. The fourth-order valence-corrected chi connectivity index (χ4v) is 1.87. The van der Waals surface area contributed by atoms with Gasteiger partial charge in [0.25, 0.3) is 0 Å². The predicted molar refractivity (Wildman–Crippen MR) is 63.9 cm³/mol. The topological polar surface area (TPSA) is 38.8 Å². The zero-order valence-corrected chi connectivity index (χ0v) is 10.2. The smallest absolute Gasteiger partial charge is 0.325 e. The van der Waals surface area contributed by atoms with Gasteiger partial charge in [0.05, 0.1) is 19.9 Å². The first-order chi connectivity index (χ1) is 8.16. The number of aryl methyl sites for hydroxylation is 2. The van der Waals surface area contributed by atoms with Gasteiger partial charge in [-0.15, -0.1) is 0 Å². The molecule has 1 heterocycles. The first-order valence-corrected chi connectivity index (χ1v) is 5.74. The van der Waals surface area contributed by atoms with Crippen LogP contribution in [-0.2, 0) is 9.53 Å². The Bertz CT molecular complexity index is 391. The maximum atomic E-state index is 11.8. The minimum Gasteiger partial charge on any atom is -0.425 e. The lowest BCUT2D eigenvalue weighted by atomic mass is 10.1. The third-order valence-corrected chi connectivity index (χ3v) is 2.80. The molecular weight excluding hydrogens is 218 g/mol. The highest BCUT2D eigenvalue weighted by Gasteiger charge is 2.17. The van der Waals surface area contributed by atoms with E-state index in [2.05, 4.69) is 0 Å². The van der Waals surface area contributed by atoms with Crippen LogP contribution in [0.5, 0.6) is 5.75 Å². The average Bonchev–Trinajstić information content (AvgIpc) is 2.76. The molecule has 0 spiro atoms. The molecule has 0 unspecified atom stereocenters. The average molecular weight is 235 g/mol. The Morgan fingerprint density at radius 1 is 1.41 bits per heavy atom. The Balaban J connectivity index is 1.97. The summed E-state index contributed by atoms with van der Waals surface area (Å²) >= 11 is 0. The molecule has 0 N–H and O–H groups in total. The minimum atomic E-state index is -0.229. The summed E-state index contributed by atoms with van der Waals surface area (Å²) in [5.74, 6) is 0.450. The Labute approximate surface area is 101 Å². The second-order valence-corrected chi connectivity index (χ2v) is 4.28. The highest BCUT2D eigenvalue weighted by atomic mass is 16.5. The molecule has 0 amide bonds. The number of benzene rings is 1. The quantitative estimate of drug-likeness (QED) is 0.588. The Morgan fingerprint density at radius 2 is 2.12 bits per heavy atom. The molecule has 0 atom stereocenters. The number of hydrogen-bond acceptors (Lipinski definition) is 4. The molecule has 17 heavy (non-hydrogen) atoms. The van der Waals surface area contributed by atoms with E-state index in [1.165, 1.54) is 0 Å². The van der Waals surface area contributed by atoms with Crippen LogP contribution in [0.25, 0.3) is 0 Å². The highest BCUT2D eigenvalue weighted by molar-refractivity contribution is 5.75. The van der Waals surface area contributed by atoms with Crippen molar-refractivity contribution in [1.82, 2.24) is 4.90 Å². The van der Waals surface area contributed by atoms with E-state index in [0.717, 1.165) is 17.7 Å². The summed E-state index contributed by atoms with van der Waals surface area (Å²) in [4.78, 5) is 13.7. The van der Waals surface area contributed by atoms with Gasteiger partial charge in [-0.25, -0.2) is 0 Å². The first kappa shape index (κ1) is 12.1. The lowest BCUT2D eigenvalue weighted by Crippen LogP contribution is -2.30. The molecule has 1 aromatic rings. The fraction of sp³-hybridized carbons (Fsp3) is 0.462. The molecule has 4 heteroatoms. The van der Waals surface area contributed by atoms with E-state index in [-0.39, 0.29) is 12.5 Å². The molecule has 0 bridgehead atoms. The Morgan fingerprint density at radius 3 is 2.71 bits per heavy atom. The van der Waals surface area contributed by atoms with Crippen molar-refractivity contribution in [3.05, 3.63) is 29.3 Å². The lowest BCUT2D eigenvalue weighted by Gasteiger charge is -2.14. The third kappa shape index (κ3) is 3.05. The fourth-order valence-electron chi connectivity index (χ4n) is 1.87. The normalized spacial score (nSPS) is 16.1. The van der Waals surface area contributed by atoms with E-state index in [1.807, 2.05) is 36.9 Å². The molecule has 1 saturated heterocycles. The van der Waals surface area contributed by atoms with Crippen LogP contribution < -0.4 is 4.74 Å². The Hall–Kier alpha value is -1.39. The predicted octanol–water partition coefficient (Wildman–Crippen LogP) is 1.50. The van der Waals surface area contributed by atoms with Gasteiger partial charge < -0.3 is 9.47 Å². The van der Waals surface area contributed by atoms with Gasteiger partial charge in [-0.05, 0) is 25.0 Å². The maximum absolute atomic E-state index is 11.8. The SMILES string of the molecule is Cc1cccc(C)c1OC(=O)CN1CCOC1. The van der Waals surface area contributed by atoms with Crippen molar-refractivity contribution in [3.8, 4) is 5.75 Å². The third-order valence-electron chi connectivity index (χ3n) is 2.80. The molecule has 2 rings (SSSR count). The number of esters is 1. The number of para-hydroxylation sites is 1. The summed E-state index contributed by atoms with van der Waals surface area (Å²) in [6.45, 7) is 6.16. The van der Waals surface area contributed by atoms with E-state index < -0.39 is 0 Å². The van der Waals surface area contributed by atoms with E-state index in [1.54, 1.807) is 0 Å². The van der Waals surface area contributed by atoms with Crippen molar-refractivity contribution in [2.75, 3.05) is 26.4 Å². The van der Waals surface area contributed by atoms with Gasteiger partial charge in [-0.2, -0.15) is 0 Å². The van der Waals surface area contributed by atoms with Crippen molar-refractivity contribution >= 4 is 5.97 Å². The molecule has 1 aliphatic rings. The first-order valence-electron chi connectivity index (χ1n) is 5.74. The summed E-state index contributed by atoms with van der Waals surface area (Å²) in [5, 5.41) is 0. The number of carbonyl (C=O) groups is 1. The molecule has 0 saturated carbocycles. The van der Waals surface area contributed by atoms with Crippen molar-refractivity contribution in [2.45, 2.75) is 13.8 Å². The largest absolute Gasteiger partial charge is 0.425 e. The van der Waals surface area contributed by atoms with Gasteiger partial charge in [-0.3, -0.25) is 9.69 Å². The van der Waals surface area contributed by atoms with E-state index in [4.69, 9.17) is 9.47 Å². The Kier molecular flexibility index (Phi) is 3.76. The molecule has 1 aromatic carbocycles. The summed E-state index contributed by atoms with van der Waals surface area (Å²) in [5.41, 5.74) is 1.96. The van der Waals surface area contributed by atoms with Crippen molar-refractivity contribution in [3.63, 3.8) is 0 Å². The van der Waals surface area contributed by atoms with Crippen LogP contribution in [-0.4, -0.2) is 37.3 Å². The van der Waals surface area contributed by atoms with Crippen LogP contribution in [0.15, 0.2) is 18.2 Å². The van der Waals surface area contributed by atoms with Crippen LogP contribution >= 0.6 is 0 Å². The van der Waals surface area contributed by atoms with Crippen molar-refractivity contribution in [1.29, 1.82) is 0 Å². The number of carbonyl (C=O) groups excluding carboxylic acids is 1. The molecule has 1 fully saturated rings. The van der Waals surface area contributed by atoms with Crippen molar-refractivity contribution < 1.29 is 14.3 Å². The highest BCUT2D eigenvalue weighted by Crippen LogP contribution is 2.22. The standard InChI is InChI=1S/C13H17NO3/c1-10-4-3-5-11(2)13(10)17-12(15)8-14-6-7-16-9-14/h3-5H,6-9H2,1-2H3. The van der Waals surface area contributed by atoms with Gasteiger partial charge in [0.15, 0.2) is 0 Å². The van der Waals surface area contributed by atoms with Gasteiger partial charge in [-0.1, -0.05) is 18.2 Å². The van der Waals surface area contributed by atoms with Gasteiger partial charge in [0.1, 0.15) is 5.75 Å².